The highest BCUT2D eigenvalue weighted by molar-refractivity contribution is 5.71. The van der Waals surface area contributed by atoms with Crippen molar-refractivity contribution in [1.29, 1.82) is 0 Å². The molecule has 85 heavy (non-hydrogen) atoms. The summed E-state index contributed by atoms with van der Waals surface area (Å²) in [4.78, 5) is 37.6. The van der Waals surface area contributed by atoms with Gasteiger partial charge in [-0.3, -0.25) is 9.59 Å². The molecule has 0 aromatic rings. The lowest BCUT2D eigenvalue weighted by Gasteiger charge is -2.25. The minimum absolute atomic E-state index is 0.182. The first-order valence-electron chi connectivity index (χ1n) is 34.7. The molecule has 0 radical (unpaired) electrons. The van der Waals surface area contributed by atoms with Crippen LogP contribution >= 0.6 is 0 Å². The van der Waals surface area contributed by atoms with Gasteiger partial charge >= 0.3 is 17.9 Å². The second-order valence-corrected chi connectivity index (χ2v) is 24.1. The third-order valence-corrected chi connectivity index (χ3v) is 14.7. The number of aliphatic carboxylic acids is 1. The minimum atomic E-state index is -1.52. The van der Waals surface area contributed by atoms with E-state index in [1.165, 1.54) is 141 Å². The number of hydrogen-bond acceptors (Lipinski definition) is 7. The van der Waals surface area contributed by atoms with Crippen LogP contribution in [0.3, 0.4) is 0 Å². The third kappa shape index (κ3) is 67.1. The number of rotatable bonds is 63. The van der Waals surface area contributed by atoms with Gasteiger partial charge in [0.15, 0.2) is 6.10 Å². The third-order valence-electron chi connectivity index (χ3n) is 14.7. The number of esters is 2. The average molecular weight is 1190 g/mol. The lowest BCUT2D eigenvalue weighted by molar-refractivity contribution is -0.870. The van der Waals surface area contributed by atoms with Gasteiger partial charge in [-0.1, -0.05) is 302 Å². The largest absolute Gasteiger partial charge is 0.477 e. The van der Waals surface area contributed by atoms with Crippen LogP contribution < -0.4 is 0 Å². The SMILES string of the molecule is CC/C=C\C/C=C\C/C=C\C/C=C\C/C=C\C/C=C\C/C=C\C/C=C\C/C=C\C/C=C\CCCCCCCCCCC(=O)OC(COC(=O)CCCCCCCCCCCCCCCCCCCCCCC)COC(OCC[N+](C)(C)C)C(=O)O. The molecule has 0 bridgehead atoms. The number of carbonyl (C=O) groups is 3. The van der Waals surface area contributed by atoms with Gasteiger partial charge in [0, 0.05) is 12.8 Å². The number of ether oxygens (including phenoxy) is 4. The van der Waals surface area contributed by atoms with Crippen LogP contribution in [0, 0.1) is 0 Å². The summed E-state index contributed by atoms with van der Waals surface area (Å²) in [5, 5.41) is 9.74. The van der Waals surface area contributed by atoms with Crippen LogP contribution in [0.4, 0.5) is 0 Å². The quantitative estimate of drug-likeness (QED) is 0.0211. The predicted octanol–water partition coefficient (Wildman–Crippen LogP) is 21.6. The number of carbonyl (C=O) groups excluding carboxylic acids is 2. The van der Waals surface area contributed by atoms with Gasteiger partial charge in [-0.2, -0.15) is 0 Å². The second kappa shape index (κ2) is 65.7. The van der Waals surface area contributed by atoms with E-state index in [9.17, 15) is 19.5 Å². The smallest absolute Gasteiger partial charge is 0.361 e. The summed E-state index contributed by atoms with van der Waals surface area (Å²) in [7, 11) is 5.97. The number of carboxylic acids is 1. The minimum Gasteiger partial charge on any atom is -0.477 e. The second-order valence-electron chi connectivity index (χ2n) is 24.1. The van der Waals surface area contributed by atoms with Crippen LogP contribution in [-0.2, 0) is 33.3 Å². The van der Waals surface area contributed by atoms with Crippen molar-refractivity contribution >= 4 is 17.9 Å². The van der Waals surface area contributed by atoms with Crippen LogP contribution in [0.5, 0.6) is 0 Å². The molecule has 0 aromatic heterocycles. The lowest BCUT2D eigenvalue weighted by Crippen LogP contribution is -2.40. The summed E-state index contributed by atoms with van der Waals surface area (Å²) in [6.07, 6.45) is 90.2. The Labute approximate surface area is 523 Å². The van der Waals surface area contributed by atoms with Crippen molar-refractivity contribution in [1.82, 2.24) is 0 Å². The monoisotopic (exact) mass is 1180 g/mol. The Morgan fingerprint density at radius 3 is 1.00 bits per heavy atom. The van der Waals surface area contributed by atoms with Crippen molar-refractivity contribution in [3.8, 4) is 0 Å². The fourth-order valence-electron chi connectivity index (χ4n) is 9.46. The first kappa shape index (κ1) is 80.7. The molecule has 0 rings (SSSR count). The molecule has 2 unspecified atom stereocenters. The highest BCUT2D eigenvalue weighted by Gasteiger charge is 2.25. The molecule has 1 N–H and O–H groups in total. The van der Waals surface area contributed by atoms with Crippen molar-refractivity contribution in [3.05, 3.63) is 122 Å². The Hall–Kier alpha value is -4.31. The van der Waals surface area contributed by atoms with E-state index in [4.69, 9.17) is 18.9 Å². The summed E-state index contributed by atoms with van der Waals surface area (Å²) < 4.78 is 23.0. The van der Waals surface area contributed by atoms with Gasteiger partial charge in [0.05, 0.1) is 34.4 Å². The van der Waals surface area contributed by atoms with E-state index in [1.54, 1.807) is 0 Å². The molecule has 486 valence electrons. The molecular formula is C76H130NO8+. The van der Waals surface area contributed by atoms with Gasteiger partial charge in [-0.25, -0.2) is 4.79 Å². The van der Waals surface area contributed by atoms with Crippen molar-refractivity contribution in [2.45, 2.75) is 296 Å². The van der Waals surface area contributed by atoms with Crippen LogP contribution in [0.1, 0.15) is 284 Å². The van der Waals surface area contributed by atoms with Crippen molar-refractivity contribution in [3.63, 3.8) is 0 Å². The summed E-state index contributed by atoms with van der Waals surface area (Å²) in [6, 6.07) is 0. The lowest BCUT2D eigenvalue weighted by atomic mass is 10.0. The zero-order valence-corrected chi connectivity index (χ0v) is 55.5. The number of hydrogen-bond donors (Lipinski definition) is 1. The first-order chi connectivity index (χ1) is 41.6. The number of nitrogens with zero attached hydrogens (tertiary/aromatic N) is 1. The molecule has 0 spiro atoms. The molecule has 0 amide bonds. The topological polar surface area (TPSA) is 108 Å². The maximum atomic E-state index is 12.9. The molecule has 2 atom stereocenters. The maximum absolute atomic E-state index is 12.9. The molecule has 0 fully saturated rings. The standard InChI is InChI=1S/C76H129NO8/c1-6-8-10-12-14-16-18-20-22-24-26-28-29-30-31-32-33-34-35-36-37-38-39-40-41-42-43-44-45-47-49-51-53-55-57-59-61-63-65-67-74(79)85-72(71-84-76(75(80)81)82-69-68-77(3,4)5)70-83-73(78)66-64-62-60-58-56-54-52-50-48-46-27-25-23-21-19-17-15-13-11-9-7-2/h8,10,14,16,20,22,26,28,30-31,33-34,36-37,39-40,42-43,45,47,72,76H,6-7,9,11-13,15,17-19,21,23-25,27,29,32,35,38,41,44,46,48-71H2,1-5H3/p+1/b10-8-,16-14-,22-20-,28-26-,31-30-,34-33-,37-36-,40-39-,43-42-,47-45-. The molecule has 0 saturated heterocycles. The summed E-state index contributed by atoms with van der Waals surface area (Å²) in [6.45, 7) is 4.78. The van der Waals surface area contributed by atoms with Crippen LogP contribution in [0.25, 0.3) is 0 Å². The van der Waals surface area contributed by atoms with Gasteiger partial charge < -0.3 is 28.5 Å². The van der Waals surface area contributed by atoms with Gasteiger partial charge in [-0.05, 0) is 89.9 Å². The van der Waals surface area contributed by atoms with Crippen molar-refractivity contribution in [2.24, 2.45) is 0 Å². The van der Waals surface area contributed by atoms with E-state index in [2.05, 4.69) is 135 Å². The number of quaternary nitrogens is 1. The van der Waals surface area contributed by atoms with Crippen LogP contribution in [0.2, 0.25) is 0 Å². The van der Waals surface area contributed by atoms with Gasteiger partial charge in [0.1, 0.15) is 13.2 Å². The zero-order chi connectivity index (χ0) is 61.9. The van der Waals surface area contributed by atoms with Gasteiger partial charge in [-0.15, -0.1) is 0 Å². The molecule has 9 nitrogen and oxygen atoms in total. The maximum Gasteiger partial charge on any atom is 0.361 e. The van der Waals surface area contributed by atoms with E-state index in [1.807, 2.05) is 21.1 Å². The number of unbranched alkanes of at least 4 members (excludes halogenated alkanes) is 28. The Bertz CT molecular complexity index is 1810. The summed E-state index contributed by atoms with van der Waals surface area (Å²) in [5.74, 6) is -2.01. The molecule has 9 heteroatoms. The molecule has 0 aliphatic rings. The van der Waals surface area contributed by atoms with E-state index in [0.717, 1.165) is 109 Å². The fourth-order valence-corrected chi connectivity index (χ4v) is 9.46. The Morgan fingerprint density at radius 1 is 0.365 bits per heavy atom. The first-order valence-corrected chi connectivity index (χ1v) is 34.7. The van der Waals surface area contributed by atoms with Crippen LogP contribution in [0.15, 0.2) is 122 Å². The Morgan fingerprint density at radius 2 is 0.671 bits per heavy atom. The van der Waals surface area contributed by atoms with Gasteiger partial charge in [0.25, 0.3) is 6.29 Å². The molecule has 0 heterocycles. The van der Waals surface area contributed by atoms with Crippen molar-refractivity contribution < 1.29 is 42.9 Å². The summed E-state index contributed by atoms with van der Waals surface area (Å²) in [5.41, 5.74) is 0. The van der Waals surface area contributed by atoms with Gasteiger partial charge in [0.2, 0.25) is 0 Å². The van der Waals surface area contributed by atoms with Crippen LogP contribution in [-0.4, -0.2) is 87.4 Å². The zero-order valence-electron chi connectivity index (χ0n) is 55.5. The number of carboxylic acid groups (broad SMARTS) is 1. The molecule has 0 saturated carbocycles. The highest BCUT2D eigenvalue weighted by atomic mass is 16.7. The van der Waals surface area contributed by atoms with Crippen molar-refractivity contribution in [2.75, 3.05) is 47.5 Å². The molecular weight excluding hydrogens is 1050 g/mol. The molecule has 0 aliphatic carbocycles. The van der Waals surface area contributed by atoms with E-state index in [-0.39, 0.29) is 32.2 Å². The highest BCUT2D eigenvalue weighted by Crippen LogP contribution is 2.17. The number of likely N-dealkylation sites (N-methyl/N-ethyl adjacent to an activating group) is 1. The number of allylic oxidation sites excluding steroid dienone is 20. The van der Waals surface area contributed by atoms with E-state index >= 15 is 0 Å². The average Bonchev–Trinajstić information content (AvgIpc) is 3.49. The Balaban J connectivity index is 4.17. The fraction of sp³-hybridized carbons (Fsp3) is 0.697. The predicted molar refractivity (Wildman–Crippen MR) is 364 cm³/mol. The van der Waals surface area contributed by atoms with E-state index in [0.29, 0.717) is 23.9 Å². The molecule has 0 aliphatic heterocycles. The van der Waals surface area contributed by atoms with E-state index < -0.39 is 24.3 Å². The normalized spacial score (nSPS) is 13.5. The molecule has 0 aromatic carbocycles. The Kier molecular flexibility index (Phi) is 62.3. The summed E-state index contributed by atoms with van der Waals surface area (Å²) >= 11 is 0.